The van der Waals surface area contributed by atoms with Crippen LogP contribution in [-0.4, -0.2) is 36.1 Å². The molecule has 1 aliphatic carbocycles. The molecule has 1 aliphatic rings. The van der Waals surface area contributed by atoms with Gasteiger partial charge in [0.1, 0.15) is 6.61 Å². The number of rotatable bonds is 7. The van der Waals surface area contributed by atoms with Crippen LogP contribution in [0.5, 0.6) is 5.88 Å². The van der Waals surface area contributed by atoms with E-state index in [0.717, 1.165) is 43.9 Å². The van der Waals surface area contributed by atoms with Crippen LogP contribution in [0.3, 0.4) is 0 Å². The van der Waals surface area contributed by atoms with Gasteiger partial charge in [0.05, 0.1) is 0 Å². The fourth-order valence-corrected chi connectivity index (χ4v) is 2.74. The Morgan fingerprint density at radius 3 is 2.70 bits per heavy atom. The molecule has 0 radical (unpaired) electrons. The molecule has 0 atom stereocenters. The van der Waals surface area contributed by atoms with E-state index in [-0.39, 0.29) is 0 Å². The summed E-state index contributed by atoms with van der Waals surface area (Å²) in [6.45, 7) is 8.58. The first kappa shape index (κ1) is 15.3. The lowest BCUT2D eigenvalue weighted by molar-refractivity contribution is 0.216. The van der Waals surface area contributed by atoms with Crippen LogP contribution in [-0.2, 0) is 19.4 Å². The summed E-state index contributed by atoms with van der Waals surface area (Å²) in [7, 11) is 0. The number of aryl methyl sites for hydroxylation is 2. The van der Waals surface area contributed by atoms with Crippen molar-refractivity contribution in [2.24, 2.45) is 5.73 Å². The Morgan fingerprint density at radius 1 is 1.25 bits per heavy atom. The van der Waals surface area contributed by atoms with Gasteiger partial charge in [-0.3, -0.25) is 0 Å². The monoisotopic (exact) mass is 277 g/mol. The highest BCUT2D eigenvalue weighted by molar-refractivity contribution is 5.35. The second-order valence-electron chi connectivity index (χ2n) is 5.35. The molecule has 2 rings (SSSR count). The van der Waals surface area contributed by atoms with Crippen LogP contribution in [0.1, 0.15) is 43.5 Å². The Morgan fingerprint density at radius 2 is 2.00 bits per heavy atom. The van der Waals surface area contributed by atoms with E-state index >= 15 is 0 Å². The zero-order valence-corrected chi connectivity index (χ0v) is 12.8. The molecule has 112 valence electrons. The van der Waals surface area contributed by atoms with Crippen LogP contribution in [0.2, 0.25) is 0 Å². The summed E-state index contributed by atoms with van der Waals surface area (Å²) in [4.78, 5) is 7.06. The van der Waals surface area contributed by atoms with Crippen molar-refractivity contribution < 1.29 is 4.74 Å². The Balaban J connectivity index is 2.02. The predicted molar refractivity (Wildman–Crippen MR) is 82.1 cm³/mol. The summed E-state index contributed by atoms with van der Waals surface area (Å²) >= 11 is 0. The molecule has 0 saturated carbocycles. The average Bonchev–Trinajstić information content (AvgIpc) is 2.50. The van der Waals surface area contributed by atoms with Crippen LogP contribution in [0.25, 0.3) is 0 Å². The molecule has 0 amide bonds. The standard InChI is InChI=1S/C16H27N3O/c1-3-19(4-2)9-10-20-16-14(12-17)11-13-7-5-6-8-15(13)18-16/h11H,3-10,12,17H2,1-2H3. The number of nitrogens with two attached hydrogens (primary N) is 1. The second-order valence-corrected chi connectivity index (χ2v) is 5.35. The van der Waals surface area contributed by atoms with Gasteiger partial charge in [-0.1, -0.05) is 13.8 Å². The third-order valence-corrected chi connectivity index (χ3v) is 4.10. The maximum Gasteiger partial charge on any atom is 0.218 e. The van der Waals surface area contributed by atoms with Gasteiger partial charge in [-0.05, 0) is 50.4 Å². The van der Waals surface area contributed by atoms with Crippen molar-refractivity contribution in [2.75, 3.05) is 26.2 Å². The van der Waals surface area contributed by atoms with Crippen LogP contribution in [0.4, 0.5) is 0 Å². The quantitative estimate of drug-likeness (QED) is 0.829. The van der Waals surface area contributed by atoms with E-state index in [1.54, 1.807) is 0 Å². The summed E-state index contributed by atoms with van der Waals surface area (Å²) in [5.74, 6) is 0.750. The lowest BCUT2D eigenvalue weighted by Crippen LogP contribution is -2.28. The number of pyridine rings is 1. The van der Waals surface area contributed by atoms with Crippen LogP contribution in [0.15, 0.2) is 6.07 Å². The number of hydrogen-bond donors (Lipinski definition) is 1. The van der Waals surface area contributed by atoms with Gasteiger partial charge in [-0.15, -0.1) is 0 Å². The third-order valence-electron chi connectivity index (χ3n) is 4.10. The number of fused-ring (bicyclic) bond motifs is 1. The number of nitrogens with zero attached hydrogens (tertiary/aromatic N) is 2. The molecular formula is C16H27N3O. The highest BCUT2D eigenvalue weighted by Gasteiger charge is 2.15. The highest BCUT2D eigenvalue weighted by Crippen LogP contribution is 2.25. The second kappa shape index (κ2) is 7.60. The largest absolute Gasteiger partial charge is 0.476 e. The molecule has 4 heteroatoms. The fourth-order valence-electron chi connectivity index (χ4n) is 2.74. The summed E-state index contributed by atoms with van der Waals surface area (Å²) in [5, 5.41) is 0. The normalized spacial score (nSPS) is 14.4. The van der Waals surface area contributed by atoms with Crippen molar-refractivity contribution >= 4 is 0 Å². The Kier molecular flexibility index (Phi) is 5.80. The minimum atomic E-state index is 0.501. The summed E-state index contributed by atoms with van der Waals surface area (Å²) < 4.78 is 5.90. The first-order valence-electron chi connectivity index (χ1n) is 7.85. The Hall–Kier alpha value is -1.13. The lowest BCUT2D eigenvalue weighted by atomic mass is 9.95. The molecular weight excluding hydrogens is 250 g/mol. The molecule has 0 saturated heterocycles. The van der Waals surface area contributed by atoms with Crippen LogP contribution in [0, 0.1) is 0 Å². The highest BCUT2D eigenvalue weighted by atomic mass is 16.5. The first-order chi connectivity index (χ1) is 9.78. The number of likely N-dealkylation sites (N-methyl/N-ethyl adjacent to an activating group) is 1. The van der Waals surface area contributed by atoms with Crippen LogP contribution >= 0.6 is 0 Å². The Bertz CT molecular complexity index is 430. The fraction of sp³-hybridized carbons (Fsp3) is 0.688. The van der Waals surface area contributed by atoms with E-state index in [4.69, 9.17) is 15.5 Å². The molecule has 1 aromatic heterocycles. The average molecular weight is 277 g/mol. The van der Waals surface area contributed by atoms with Crippen molar-refractivity contribution in [1.82, 2.24) is 9.88 Å². The summed E-state index contributed by atoms with van der Waals surface area (Å²) in [6.07, 6.45) is 4.71. The minimum absolute atomic E-state index is 0.501. The summed E-state index contributed by atoms with van der Waals surface area (Å²) in [5.41, 5.74) is 9.47. The maximum atomic E-state index is 5.90. The molecule has 0 aromatic carbocycles. The van der Waals surface area contributed by atoms with Crippen LogP contribution < -0.4 is 10.5 Å². The van der Waals surface area contributed by atoms with Gasteiger partial charge in [0.2, 0.25) is 5.88 Å². The minimum Gasteiger partial charge on any atom is -0.476 e. The van der Waals surface area contributed by atoms with Crippen molar-refractivity contribution in [3.63, 3.8) is 0 Å². The summed E-state index contributed by atoms with van der Waals surface area (Å²) in [6, 6.07) is 2.20. The van der Waals surface area contributed by atoms with E-state index in [2.05, 4.69) is 24.8 Å². The molecule has 1 aromatic rings. The van der Waals surface area contributed by atoms with Gasteiger partial charge in [-0.25, -0.2) is 4.98 Å². The number of aromatic nitrogens is 1. The maximum absolute atomic E-state index is 5.90. The smallest absolute Gasteiger partial charge is 0.218 e. The van der Waals surface area contributed by atoms with Crippen molar-refractivity contribution in [3.8, 4) is 5.88 Å². The van der Waals surface area contributed by atoms with Gasteiger partial charge >= 0.3 is 0 Å². The van der Waals surface area contributed by atoms with Crippen molar-refractivity contribution in [1.29, 1.82) is 0 Å². The number of ether oxygens (including phenoxy) is 1. The van der Waals surface area contributed by atoms with Gasteiger partial charge in [-0.2, -0.15) is 0 Å². The topological polar surface area (TPSA) is 51.4 Å². The van der Waals surface area contributed by atoms with Crippen molar-refractivity contribution in [2.45, 2.75) is 46.1 Å². The lowest BCUT2D eigenvalue weighted by Gasteiger charge is -2.20. The van der Waals surface area contributed by atoms with Gasteiger partial charge in [0.15, 0.2) is 0 Å². The molecule has 0 unspecified atom stereocenters. The molecule has 0 spiro atoms. The molecule has 0 bridgehead atoms. The molecule has 20 heavy (non-hydrogen) atoms. The Labute approximate surface area is 122 Å². The van der Waals surface area contributed by atoms with Gasteiger partial charge < -0.3 is 15.4 Å². The van der Waals surface area contributed by atoms with E-state index in [9.17, 15) is 0 Å². The van der Waals surface area contributed by atoms with E-state index < -0.39 is 0 Å². The van der Waals surface area contributed by atoms with Gasteiger partial charge in [0.25, 0.3) is 0 Å². The van der Waals surface area contributed by atoms with E-state index in [0.29, 0.717) is 13.2 Å². The molecule has 0 aliphatic heterocycles. The van der Waals surface area contributed by atoms with Crippen molar-refractivity contribution in [3.05, 3.63) is 22.9 Å². The van der Waals surface area contributed by atoms with E-state index in [1.165, 1.54) is 24.1 Å². The third kappa shape index (κ3) is 3.70. The molecule has 1 heterocycles. The SMILES string of the molecule is CCN(CC)CCOc1nc2c(cc1CN)CCCC2. The van der Waals surface area contributed by atoms with Gasteiger partial charge in [0, 0.05) is 24.3 Å². The number of hydrogen-bond acceptors (Lipinski definition) is 4. The molecule has 0 fully saturated rings. The zero-order chi connectivity index (χ0) is 14.4. The zero-order valence-electron chi connectivity index (χ0n) is 12.8. The first-order valence-corrected chi connectivity index (χ1v) is 7.85. The molecule has 4 nitrogen and oxygen atoms in total. The predicted octanol–water partition coefficient (Wildman–Crippen LogP) is 2.14. The molecule has 2 N–H and O–H groups in total. The van der Waals surface area contributed by atoms with E-state index in [1.807, 2.05) is 0 Å².